The second-order valence-electron chi connectivity index (χ2n) is 7.09. The standard InChI is InChI=1S/C23H19NO5/c1-3-27-23(26)18-12(2)24-21-14-6-4-5-7-15(14)22(25)20(21)19(18)13-8-9-16-17(10-13)29-11-28-16/h4-10,19,24H,3,11H2,1-2H3. The summed E-state index contributed by atoms with van der Waals surface area (Å²) >= 11 is 0. The van der Waals surface area contributed by atoms with Crippen LogP contribution in [-0.4, -0.2) is 25.2 Å². The Labute approximate surface area is 167 Å². The number of ketones is 1. The number of fused-ring (bicyclic) bond motifs is 3. The summed E-state index contributed by atoms with van der Waals surface area (Å²) in [4.78, 5) is 26.2. The Morgan fingerprint density at radius 3 is 2.69 bits per heavy atom. The van der Waals surface area contributed by atoms with Gasteiger partial charge in [0.15, 0.2) is 17.3 Å². The van der Waals surface area contributed by atoms with Gasteiger partial charge in [0.05, 0.1) is 17.9 Å². The molecule has 2 aromatic rings. The maximum atomic E-state index is 13.4. The summed E-state index contributed by atoms with van der Waals surface area (Å²) in [6, 6.07) is 13.0. The van der Waals surface area contributed by atoms with Gasteiger partial charge in [0.25, 0.3) is 0 Å². The summed E-state index contributed by atoms with van der Waals surface area (Å²) in [5.74, 6) is 0.179. The lowest BCUT2D eigenvalue weighted by atomic mass is 9.79. The van der Waals surface area contributed by atoms with Crippen molar-refractivity contribution in [2.45, 2.75) is 19.8 Å². The zero-order valence-corrected chi connectivity index (χ0v) is 16.1. The van der Waals surface area contributed by atoms with Crippen LogP contribution in [0.15, 0.2) is 59.3 Å². The molecule has 3 aliphatic rings. The Bertz CT molecular complexity index is 1130. The molecular weight excluding hydrogens is 370 g/mol. The van der Waals surface area contributed by atoms with E-state index in [1.807, 2.05) is 49.4 Å². The predicted octanol–water partition coefficient (Wildman–Crippen LogP) is 3.55. The molecule has 0 bridgehead atoms. The molecule has 5 rings (SSSR count). The maximum Gasteiger partial charge on any atom is 0.336 e. The number of Topliss-reactive ketones (excluding diaryl/α,β-unsaturated/α-hetero) is 1. The molecule has 0 aromatic heterocycles. The Hall–Kier alpha value is -3.54. The van der Waals surface area contributed by atoms with Crippen LogP contribution in [0.2, 0.25) is 0 Å². The van der Waals surface area contributed by atoms with E-state index >= 15 is 0 Å². The molecule has 2 aromatic carbocycles. The Kier molecular flexibility index (Phi) is 3.94. The molecule has 6 heteroatoms. The molecule has 0 amide bonds. The number of benzene rings is 2. The first-order valence-corrected chi connectivity index (χ1v) is 9.53. The van der Waals surface area contributed by atoms with Crippen molar-refractivity contribution in [1.29, 1.82) is 0 Å². The molecule has 0 saturated carbocycles. The smallest absolute Gasteiger partial charge is 0.336 e. The van der Waals surface area contributed by atoms with Crippen molar-refractivity contribution in [2.75, 3.05) is 13.4 Å². The first-order chi connectivity index (χ1) is 14.1. The minimum absolute atomic E-state index is 0.0833. The summed E-state index contributed by atoms with van der Waals surface area (Å²) in [7, 11) is 0. The molecule has 0 radical (unpaired) electrons. The van der Waals surface area contributed by atoms with Gasteiger partial charge < -0.3 is 19.5 Å². The molecule has 146 valence electrons. The van der Waals surface area contributed by atoms with Crippen molar-refractivity contribution in [3.05, 3.63) is 76.0 Å². The average molecular weight is 389 g/mol. The highest BCUT2D eigenvalue weighted by atomic mass is 16.7. The molecule has 1 unspecified atom stereocenters. The van der Waals surface area contributed by atoms with Gasteiger partial charge in [-0.15, -0.1) is 0 Å². The second-order valence-corrected chi connectivity index (χ2v) is 7.09. The Morgan fingerprint density at radius 1 is 1.14 bits per heavy atom. The molecular formula is C23H19NO5. The van der Waals surface area contributed by atoms with E-state index in [1.54, 1.807) is 6.92 Å². The van der Waals surface area contributed by atoms with Gasteiger partial charge in [-0.3, -0.25) is 4.79 Å². The first-order valence-electron chi connectivity index (χ1n) is 9.53. The molecule has 1 aliphatic carbocycles. The van der Waals surface area contributed by atoms with Crippen molar-refractivity contribution in [1.82, 2.24) is 5.32 Å². The zero-order chi connectivity index (χ0) is 20.1. The minimum atomic E-state index is -0.556. The lowest BCUT2D eigenvalue weighted by molar-refractivity contribution is -0.138. The van der Waals surface area contributed by atoms with Gasteiger partial charge in [-0.2, -0.15) is 0 Å². The van der Waals surface area contributed by atoms with Crippen LogP contribution >= 0.6 is 0 Å². The van der Waals surface area contributed by atoms with Gasteiger partial charge in [0, 0.05) is 28.3 Å². The topological polar surface area (TPSA) is 73.9 Å². The molecule has 0 fully saturated rings. The number of dihydropyridines is 1. The summed E-state index contributed by atoms with van der Waals surface area (Å²) in [6.07, 6.45) is 0. The second kappa shape index (κ2) is 6.51. The van der Waals surface area contributed by atoms with E-state index in [2.05, 4.69) is 5.32 Å². The quantitative estimate of drug-likeness (QED) is 0.810. The number of allylic oxidation sites excluding steroid dienone is 2. The van der Waals surface area contributed by atoms with Gasteiger partial charge >= 0.3 is 5.97 Å². The summed E-state index contributed by atoms with van der Waals surface area (Å²) in [5, 5.41) is 3.29. The fourth-order valence-electron chi connectivity index (χ4n) is 4.23. The summed E-state index contributed by atoms with van der Waals surface area (Å²) < 4.78 is 16.3. The van der Waals surface area contributed by atoms with Crippen molar-refractivity contribution < 1.29 is 23.8 Å². The Morgan fingerprint density at radius 2 is 1.90 bits per heavy atom. The van der Waals surface area contributed by atoms with Crippen molar-refractivity contribution >= 4 is 17.4 Å². The van der Waals surface area contributed by atoms with Crippen molar-refractivity contribution in [3.63, 3.8) is 0 Å². The third-order valence-corrected chi connectivity index (χ3v) is 5.47. The number of esters is 1. The van der Waals surface area contributed by atoms with Crippen LogP contribution in [0.1, 0.15) is 41.3 Å². The number of carbonyl (C=O) groups excluding carboxylic acids is 2. The van der Waals surface area contributed by atoms with E-state index in [0.29, 0.717) is 33.9 Å². The molecule has 1 N–H and O–H groups in total. The number of ether oxygens (including phenoxy) is 3. The van der Waals surface area contributed by atoms with Gasteiger partial charge in [0.1, 0.15) is 0 Å². The van der Waals surface area contributed by atoms with Crippen LogP contribution in [-0.2, 0) is 9.53 Å². The maximum absolute atomic E-state index is 13.4. The molecule has 1 atom stereocenters. The van der Waals surface area contributed by atoms with E-state index in [-0.39, 0.29) is 19.2 Å². The summed E-state index contributed by atoms with van der Waals surface area (Å²) in [5.41, 5.74) is 4.68. The third-order valence-electron chi connectivity index (χ3n) is 5.47. The van der Waals surface area contributed by atoms with Crippen LogP contribution in [0.25, 0.3) is 5.70 Å². The van der Waals surface area contributed by atoms with Gasteiger partial charge in [-0.05, 0) is 31.5 Å². The zero-order valence-electron chi connectivity index (χ0n) is 16.1. The van der Waals surface area contributed by atoms with Crippen LogP contribution < -0.4 is 14.8 Å². The molecule has 0 saturated heterocycles. The molecule has 6 nitrogen and oxygen atoms in total. The fraction of sp³-hybridized carbons (Fsp3) is 0.217. The highest BCUT2D eigenvalue weighted by Crippen LogP contribution is 2.48. The number of hydrogen-bond donors (Lipinski definition) is 1. The third kappa shape index (κ3) is 2.56. The Balaban J connectivity index is 1.71. The van der Waals surface area contributed by atoms with Crippen molar-refractivity contribution in [2.24, 2.45) is 0 Å². The highest BCUT2D eigenvalue weighted by molar-refractivity contribution is 6.23. The lowest BCUT2D eigenvalue weighted by Gasteiger charge is -2.29. The van der Waals surface area contributed by atoms with E-state index < -0.39 is 11.9 Å². The van der Waals surface area contributed by atoms with Gasteiger partial charge in [0.2, 0.25) is 6.79 Å². The minimum Gasteiger partial charge on any atom is -0.463 e. The average Bonchev–Trinajstić information content (AvgIpc) is 3.30. The molecule has 29 heavy (non-hydrogen) atoms. The monoisotopic (exact) mass is 389 g/mol. The van der Waals surface area contributed by atoms with Crippen LogP contribution in [0.5, 0.6) is 11.5 Å². The van der Waals surface area contributed by atoms with E-state index in [9.17, 15) is 9.59 Å². The van der Waals surface area contributed by atoms with E-state index in [1.165, 1.54) is 0 Å². The van der Waals surface area contributed by atoms with Crippen LogP contribution in [0.4, 0.5) is 0 Å². The summed E-state index contributed by atoms with van der Waals surface area (Å²) in [6.45, 7) is 4.01. The SMILES string of the molecule is CCOC(=O)C1=C(C)NC2=C(C(=O)c3ccccc32)C1c1ccc2c(c1)OCO2. The number of rotatable bonds is 3. The number of hydrogen-bond acceptors (Lipinski definition) is 6. The largest absolute Gasteiger partial charge is 0.463 e. The normalized spacial score (nSPS) is 19.1. The van der Waals surface area contributed by atoms with E-state index in [0.717, 1.165) is 16.8 Å². The van der Waals surface area contributed by atoms with Crippen molar-refractivity contribution in [3.8, 4) is 11.5 Å². The highest BCUT2D eigenvalue weighted by Gasteiger charge is 2.43. The van der Waals surface area contributed by atoms with E-state index in [4.69, 9.17) is 14.2 Å². The van der Waals surface area contributed by atoms with Gasteiger partial charge in [-0.1, -0.05) is 30.3 Å². The molecule has 0 spiro atoms. The number of nitrogens with one attached hydrogen (secondary N) is 1. The van der Waals surface area contributed by atoms with Crippen LogP contribution in [0.3, 0.4) is 0 Å². The number of carbonyl (C=O) groups is 2. The van der Waals surface area contributed by atoms with Crippen LogP contribution in [0, 0.1) is 0 Å². The fourth-order valence-corrected chi connectivity index (χ4v) is 4.23. The predicted molar refractivity (Wildman–Crippen MR) is 105 cm³/mol. The first kappa shape index (κ1) is 17.6. The van der Waals surface area contributed by atoms with Gasteiger partial charge in [-0.25, -0.2) is 4.79 Å². The lowest BCUT2D eigenvalue weighted by Crippen LogP contribution is -2.29. The molecule has 2 heterocycles. The molecule has 2 aliphatic heterocycles.